The summed E-state index contributed by atoms with van der Waals surface area (Å²) in [5, 5.41) is 6.48. The van der Waals surface area contributed by atoms with Crippen molar-refractivity contribution < 1.29 is 14.4 Å². The van der Waals surface area contributed by atoms with Crippen LogP contribution in [-0.4, -0.2) is 41.2 Å². The average molecular weight is 438 g/mol. The minimum Gasteiger partial charge on any atom is -0.351 e. The summed E-state index contributed by atoms with van der Waals surface area (Å²) in [4.78, 5) is 42.4. The number of carbonyl (C=O) groups excluding carboxylic acids is 3. The van der Waals surface area contributed by atoms with Crippen LogP contribution in [0.25, 0.3) is 10.4 Å². The molecule has 1 atom stereocenters. The number of hydrogen-bond acceptors (Lipinski definition) is 4. The Balaban J connectivity index is 1.44. The Labute approximate surface area is 186 Å². The summed E-state index contributed by atoms with van der Waals surface area (Å²) < 4.78 is 0. The highest BCUT2D eigenvalue weighted by Crippen LogP contribution is 2.39. The Morgan fingerprint density at radius 1 is 1.06 bits per heavy atom. The van der Waals surface area contributed by atoms with E-state index in [9.17, 15) is 14.4 Å². The standard InChI is InChI=1S/C24H27N3O3S/c28-21(25-17-9-5-2-6-10-17)20-22(29)26-23-18(24(30)27(20)14-15-11-12-15)13-19(31-23)16-7-3-1-4-8-16/h1,3-4,7-8,13,15,17,20H,2,5-6,9-12,14H2,(H,25,28)(H,26,29). The number of rotatable bonds is 5. The maximum atomic E-state index is 13.6. The van der Waals surface area contributed by atoms with Gasteiger partial charge in [0.1, 0.15) is 5.00 Å². The summed E-state index contributed by atoms with van der Waals surface area (Å²) in [5.41, 5.74) is 1.48. The fourth-order valence-electron chi connectivity index (χ4n) is 4.54. The summed E-state index contributed by atoms with van der Waals surface area (Å²) in [7, 11) is 0. The second kappa shape index (κ2) is 8.46. The molecule has 1 unspecified atom stereocenters. The number of anilines is 1. The average Bonchev–Trinajstić information content (AvgIpc) is 3.52. The molecule has 2 N–H and O–H groups in total. The van der Waals surface area contributed by atoms with Crippen molar-refractivity contribution >= 4 is 34.1 Å². The van der Waals surface area contributed by atoms with Crippen LogP contribution in [0.4, 0.5) is 5.00 Å². The zero-order chi connectivity index (χ0) is 21.4. The van der Waals surface area contributed by atoms with E-state index in [2.05, 4.69) is 10.6 Å². The van der Waals surface area contributed by atoms with Crippen molar-refractivity contribution in [2.24, 2.45) is 5.92 Å². The third-order valence-corrected chi connectivity index (χ3v) is 7.53. The summed E-state index contributed by atoms with van der Waals surface area (Å²) in [6.07, 6.45) is 7.31. The molecular formula is C24H27N3O3S. The number of carbonyl (C=O) groups is 3. The van der Waals surface area contributed by atoms with Crippen LogP contribution < -0.4 is 10.6 Å². The molecule has 3 amide bonds. The highest BCUT2D eigenvalue weighted by molar-refractivity contribution is 7.20. The van der Waals surface area contributed by atoms with Crippen molar-refractivity contribution in [1.29, 1.82) is 0 Å². The van der Waals surface area contributed by atoms with Crippen molar-refractivity contribution in [2.75, 3.05) is 11.9 Å². The van der Waals surface area contributed by atoms with Crippen LogP contribution >= 0.6 is 11.3 Å². The van der Waals surface area contributed by atoms with Gasteiger partial charge in [0.25, 0.3) is 17.7 Å². The van der Waals surface area contributed by atoms with Crippen molar-refractivity contribution in [3.8, 4) is 10.4 Å². The van der Waals surface area contributed by atoms with Gasteiger partial charge < -0.3 is 15.5 Å². The Kier molecular flexibility index (Phi) is 5.52. The first-order chi connectivity index (χ1) is 15.1. The van der Waals surface area contributed by atoms with Crippen LogP contribution in [0.15, 0.2) is 36.4 Å². The minimum atomic E-state index is -1.12. The molecule has 5 rings (SSSR count). The molecule has 3 aliphatic rings. The molecule has 0 bridgehead atoms. The Bertz CT molecular complexity index is 993. The Morgan fingerprint density at radius 3 is 2.52 bits per heavy atom. The summed E-state index contributed by atoms with van der Waals surface area (Å²) in [5.74, 6) is -0.627. The maximum Gasteiger partial charge on any atom is 0.257 e. The molecule has 6 nitrogen and oxygen atoms in total. The molecule has 2 heterocycles. The van der Waals surface area contributed by atoms with Crippen LogP contribution in [0, 0.1) is 5.92 Å². The highest BCUT2D eigenvalue weighted by Gasteiger charge is 2.43. The molecule has 2 aromatic rings. The van der Waals surface area contributed by atoms with E-state index < -0.39 is 11.9 Å². The molecule has 0 radical (unpaired) electrons. The number of nitrogens with one attached hydrogen (secondary N) is 2. The van der Waals surface area contributed by atoms with Gasteiger partial charge in [-0.15, -0.1) is 11.3 Å². The second-order valence-electron chi connectivity index (χ2n) is 8.86. The number of hydrogen-bond donors (Lipinski definition) is 2. The van der Waals surface area contributed by atoms with Gasteiger partial charge in [-0.3, -0.25) is 14.4 Å². The van der Waals surface area contributed by atoms with E-state index in [-0.39, 0.29) is 17.9 Å². The van der Waals surface area contributed by atoms with Crippen molar-refractivity contribution in [1.82, 2.24) is 10.2 Å². The van der Waals surface area contributed by atoms with Crippen LogP contribution in [0.2, 0.25) is 0 Å². The summed E-state index contributed by atoms with van der Waals surface area (Å²) in [6.45, 7) is 0.449. The molecule has 1 aromatic carbocycles. The molecule has 1 aromatic heterocycles. The predicted molar refractivity (Wildman–Crippen MR) is 121 cm³/mol. The van der Waals surface area contributed by atoms with Crippen molar-refractivity contribution in [2.45, 2.75) is 57.0 Å². The smallest absolute Gasteiger partial charge is 0.257 e. The molecule has 1 aliphatic heterocycles. The lowest BCUT2D eigenvalue weighted by Gasteiger charge is -2.30. The molecule has 0 spiro atoms. The van der Waals surface area contributed by atoms with Crippen LogP contribution in [0.5, 0.6) is 0 Å². The largest absolute Gasteiger partial charge is 0.351 e. The molecule has 162 valence electrons. The lowest BCUT2D eigenvalue weighted by molar-refractivity contribution is -0.134. The summed E-state index contributed by atoms with van der Waals surface area (Å²) in [6, 6.07) is 10.6. The third-order valence-electron chi connectivity index (χ3n) is 6.43. The number of nitrogens with zero attached hydrogens (tertiary/aromatic N) is 1. The van der Waals surface area contributed by atoms with Gasteiger partial charge in [0.15, 0.2) is 6.04 Å². The maximum absolute atomic E-state index is 13.6. The van der Waals surface area contributed by atoms with Gasteiger partial charge >= 0.3 is 0 Å². The van der Waals surface area contributed by atoms with Gasteiger partial charge in [-0.05, 0) is 43.2 Å². The van der Waals surface area contributed by atoms with E-state index in [0.717, 1.165) is 49.0 Å². The SMILES string of the molecule is O=C1Nc2sc(-c3ccccc3)cc2C(=O)N(CC2CC2)C1C(=O)NC1CCCCC1. The monoisotopic (exact) mass is 437 g/mol. The predicted octanol–water partition coefficient (Wildman–Crippen LogP) is 4.04. The van der Waals surface area contributed by atoms with Gasteiger partial charge in [0, 0.05) is 17.5 Å². The van der Waals surface area contributed by atoms with Gasteiger partial charge in [-0.2, -0.15) is 0 Å². The van der Waals surface area contributed by atoms with Crippen LogP contribution in [0.3, 0.4) is 0 Å². The first kappa shape index (κ1) is 20.2. The van der Waals surface area contributed by atoms with Gasteiger partial charge in [-0.25, -0.2) is 0 Å². The van der Waals surface area contributed by atoms with E-state index in [1.165, 1.54) is 22.7 Å². The quantitative estimate of drug-likeness (QED) is 0.693. The lowest BCUT2D eigenvalue weighted by Crippen LogP contribution is -2.56. The van der Waals surface area contributed by atoms with E-state index in [4.69, 9.17) is 0 Å². The summed E-state index contributed by atoms with van der Waals surface area (Å²) >= 11 is 1.38. The Morgan fingerprint density at radius 2 is 1.81 bits per heavy atom. The van der Waals surface area contributed by atoms with Gasteiger partial charge in [-0.1, -0.05) is 49.6 Å². The lowest BCUT2D eigenvalue weighted by atomic mass is 9.95. The van der Waals surface area contributed by atoms with Gasteiger partial charge in [0.05, 0.1) is 5.56 Å². The molecule has 2 fully saturated rings. The molecule has 7 heteroatoms. The fraction of sp³-hybridized carbons (Fsp3) is 0.458. The fourth-order valence-corrected chi connectivity index (χ4v) is 5.59. The van der Waals surface area contributed by atoms with Crippen molar-refractivity contribution in [3.05, 3.63) is 42.0 Å². The van der Waals surface area contributed by atoms with Gasteiger partial charge in [0.2, 0.25) is 0 Å². The normalized spacial score (nSPS) is 21.9. The zero-order valence-corrected chi connectivity index (χ0v) is 18.2. The van der Waals surface area contributed by atoms with E-state index >= 15 is 0 Å². The first-order valence-corrected chi connectivity index (χ1v) is 12.0. The molecule has 2 aliphatic carbocycles. The number of benzene rings is 1. The number of fused-ring (bicyclic) bond motifs is 1. The highest BCUT2D eigenvalue weighted by atomic mass is 32.1. The number of thiophene rings is 1. The number of amides is 3. The van der Waals surface area contributed by atoms with Crippen LogP contribution in [0.1, 0.15) is 55.3 Å². The van der Waals surface area contributed by atoms with E-state index in [1.807, 2.05) is 36.4 Å². The first-order valence-electron chi connectivity index (χ1n) is 11.2. The topological polar surface area (TPSA) is 78.5 Å². The van der Waals surface area contributed by atoms with E-state index in [0.29, 0.717) is 23.0 Å². The molecular weight excluding hydrogens is 410 g/mol. The zero-order valence-electron chi connectivity index (χ0n) is 17.4. The molecule has 0 saturated heterocycles. The molecule has 31 heavy (non-hydrogen) atoms. The van der Waals surface area contributed by atoms with E-state index in [1.54, 1.807) is 0 Å². The molecule has 2 saturated carbocycles. The third kappa shape index (κ3) is 4.24. The minimum absolute atomic E-state index is 0.0916. The second-order valence-corrected chi connectivity index (χ2v) is 9.91. The van der Waals surface area contributed by atoms with Crippen LogP contribution in [-0.2, 0) is 9.59 Å². The Hall–Kier alpha value is -2.67. The van der Waals surface area contributed by atoms with Crippen molar-refractivity contribution in [3.63, 3.8) is 0 Å².